The average molecular weight is 473 g/mol. The van der Waals surface area contributed by atoms with Crippen LogP contribution < -0.4 is 5.32 Å². The van der Waals surface area contributed by atoms with E-state index in [1.54, 1.807) is 28.9 Å². The SMILES string of the molecule is O=C(CCS(=O)(=O)c1ccc(Cl)cc1)Nc1ccnn1Cc1ccc(Cl)cc1Cl. The molecule has 29 heavy (non-hydrogen) atoms. The molecule has 0 atom stereocenters. The molecule has 10 heteroatoms. The number of sulfone groups is 1. The van der Waals surface area contributed by atoms with E-state index in [4.69, 9.17) is 34.8 Å². The van der Waals surface area contributed by atoms with Crippen LogP contribution in [-0.4, -0.2) is 29.9 Å². The van der Waals surface area contributed by atoms with E-state index in [0.717, 1.165) is 5.56 Å². The van der Waals surface area contributed by atoms with Crippen LogP contribution in [0.2, 0.25) is 15.1 Å². The van der Waals surface area contributed by atoms with Gasteiger partial charge < -0.3 is 5.32 Å². The fourth-order valence-electron chi connectivity index (χ4n) is 2.57. The van der Waals surface area contributed by atoms with Crippen molar-refractivity contribution in [3.63, 3.8) is 0 Å². The van der Waals surface area contributed by atoms with Crippen molar-refractivity contribution < 1.29 is 13.2 Å². The third-order valence-corrected chi connectivity index (χ3v) is 6.66. The number of anilines is 1. The van der Waals surface area contributed by atoms with Crippen molar-refractivity contribution in [1.82, 2.24) is 9.78 Å². The van der Waals surface area contributed by atoms with Gasteiger partial charge in [-0.1, -0.05) is 40.9 Å². The molecule has 0 fully saturated rings. The Hall–Kier alpha value is -2.06. The summed E-state index contributed by atoms with van der Waals surface area (Å²) < 4.78 is 26.3. The van der Waals surface area contributed by atoms with Gasteiger partial charge in [0.25, 0.3) is 0 Å². The fourth-order valence-corrected chi connectivity index (χ4v) is 4.40. The summed E-state index contributed by atoms with van der Waals surface area (Å²) in [5, 5.41) is 8.30. The van der Waals surface area contributed by atoms with Gasteiger partial charge in [-0.3, -0.25) is 4.79 Å². The molecule has 2 aromatic carbocycles. The van der Waals surface area contributed by atoms with E-state index in [0.29, 0.717) is 27.4 Å². The first-order valence-corrected chi connectivity index (χ1v) is 11.3. The Morgan fingerprint density at radius 3 is 2.38 bits per heavy atom. The minimum Gasteiger partial charge on any atom is -0.311 e. The summed E-state index contributed by atoms with van der Waals surface area (Å²) in [5.74, 6) is -0.325. The maximum absolute atomic E-state index is 12.4. The van der Waals surface area contributed by atoms with Gasteiger partial charge in [0.1, 0.15) is 5.82 Å². The van der Waals surface area contributed by atoms with Gasteiger partial charge in [0.15, 0.2) is 9.84 Å². The molecule has 0 saturated heterocycles. The third kappa shape index (κ3) is 5.73. The van der Waals surface area contributed by atoms with Gasteiger partial charge in [-0.2, -0.15) is 5.10 Å². The van der Waals surface area contributed by atoms with Gasteiger partial charge in [0.05, 0.1) is 23.4 Å². The molecule has 0 unspecified atom stereocenters. The molecule has 1 N–H and O–H groups in total. The number of aromatic nitrogens is 2. The normalized spacial score (nSPS) is 11.4. The van der Waals surface area contributed by atoms with Crippen molar-refractivity contribution in [3.05, 3.63) is 75.4 Å². The van der Waals surface area contributed by atoms with Crippen molar-refractivity contribution in [3.8, 4) is 0 Å². The number of hydrogen-bond donors (Lipinski definition) is 1. The Morgan fingerprint density at radius 1 is 1.00 bits per heavy atom. The highest BCUT2D eigenvalue weighted by molar-refractivity contribution is 7.91. The summed E-state index contributed by atoms with van der Waals surface area (Å²) >= 11 is 17.9. The lowest BCUT2D eigenvalue weighted by Crippen LogP contribution is -2.19. The lowest BCUT2D eigenvalue weighted by molar-refractivity contribution is -0.115. The molecule has 0 aliphatic carbocycles. The van der Waals surface area contributed by atoms with Gasteiger partial charge in [-0.25, -0.2) is 13.1 Å². The number of nitrogens with one attached hydrogen (secondary N) is 1. The topological polar surface area (TPSA) is 81.1 Å². The van der Waals surface area contributed by atoms with Crippen molar-refractivity contribution in [2.24, 2.45) is 0 Å². The quantitative estimate of drug-likeness (QED) is 0.541. The second kappa shape index (κ2) is 9.17. The van der Waals surface area contributed by atoms with Crippen LogP contribution >= 0.6 is 34.8 Å². The summed E-state index contributed by atoms with van der Waals surface area (Å²) in [6.07, 6.45) is 1.34. The van der Waals surface area contributed by atoms with Crippen LogP contribution in [-0.2, 0) is 21.2 Å². The molecule has 1 amide bonds. The Bertz CT molecular complexity index is 1130. The number of hydrogen-bond acceptors (Lipinski definition) is 4. The Labute approximate surface area is 183 Å². The molecular formula is C19H16Cl3N3O3S. The van der Waals surface area contributed by atoms with Crippen LogP contribution in [0, 0.1) is 0 Å². The van der Waals surface area contributed by atoms with E-state index in [1.807, 2.05) is 0 Å². The molecule has 6 nitrogen and oxygen atoms in total. The number of rotatable bonds is 7. The van der Waals surface area contributed by atoms with Crippen LogP contribution in [0.25, 0.3) is 0 Å². The smallest absolute Gasteiger partial charge is 0.226 e. The number of carbonyl (C=O) groups excluding carboxylic acids is 1. The highest BCUT2D eigenvalue weighted by Gasteiger charge is 2.17. The minimum atomic E-state index is -3.59. The third-order valence-electron chi connectivity index (χ3n) is 4.09. The van der Waals surface area contributed by atoms with Crippen LogP contribution in [0.4, 0.5) is 5.82 Å². The monoisotopic (exact) mass is 471 g/mol. The van der Waals surface area contributed by atoms with Crippen LogP contribution in [0.15, 0.2) is 59.6 Å². The van der Waals surface area contributed by atoms with Crippen molar-refractivity contribution in [2.75, 3.05) is 11.1 Å². The highest BCUT2D eigenvalue weighted by Crippen LogP contribution is 2.23. The molecule has 1 heterocycles. The summed E-state index contributed by atoms with van der Waals surface area (Å²) in [5.41, 5.74) is 0.778. The van der Waals surface area contributed by atoms with Crippen molar-refractivity contribution in [2.45, 2.75) is 17.9 Å². The molecule has 0 bridgehead atoms. The first-order chi connectivity index (χ1) is 13.7. The van der Waals surface area contributed by atoms with Crippen LogP contribution in [0.1, 0.15) is 12.0 Å². The molecule has 3 rings (SSSR count). The highest BCUT2D eigenvalue weighted by atomic mass is 35.5. The Kier molecular flexibility index (Phi) is 6.85. The predicted molar refractivity (Wildman–Crippen MR) is 115 cm³/mol. The van der Waals surface area contributed by atoms with Crippen molar-refractivity contribution in [1.29, 1.82) is 0 Å². The molecule has 3 aromatic rings. The van der Waals surface area contributed by atoms with Gasteiger partial charge in [0.2, 0.25) is 5.91 Å². The molecule has 152 valence electrons. The van der Waals surface area contributed by atoms with Gasteiger partial charge >= 0.3 is 0 Å². The van der Waals surface area contributed by atoms with Crippen molar-refractivity contribution >= 4 is 56.4 Å². The summed E-state index contributed by atoms with van der Waals surface area (Å²) in [6.45, 7) is 0.321. The Balaban J connectivity index is 1.63. The van der Waals surface area contributed by atoms with Gasteiger partial charge in [-0.05, 0) is 42.0 Å². The summed E-state index contributed by atoms with van der Waals surface area (Å²) in [4.78, 5) is 12.4. The maximum atomic E-state index is 12.4. The van der Waals surface area contributed by atoms with E-state index in [-0.39, 0.29) is 17.1 Å². The number of halogens is 3. The number of carbonyl (C=O) groups is 1. The summed E-state index contributed by atoms with van der Waals surface area (Å²) in [6, 6.07) is 12.6. The van der Waals surface area contributed by atoms with E-state index < -0.39 is 15.7 Å². The Morgan fingerprint density at radius 2 is 1.69 bits per heavy atom. The largest absolute Gasteiger partial charge is 0.311 e. The summed E-state index contributed by atoms with van der Waals surface area (Å²) in [7, 11) is -3.59. The first-order valence-electron chi connectivity index (χ1n) is 8.48. The molecule has 0 radical (unpaired) electrons. The second-order valence-electron chi connectivity index (χ2n) is 6.18. The average Bonchev–Trinajstić information content (AvgIpc) is 3.09. The molecule has 0 aliphatic rings. The fraction of sp³-hybridized carbons (Fsp3) is 0.158. The first kappa shape index (κ1) is 21.6. The van der Waals surface area contributed by atoms with E-state index in [2.05, 4.69) is 10.4 Å². The lowest BCUT2D eigenvalue weighted by Gasteiger charge is -2.11. The number of amides is 1. The lowest BCUT2D eigenvalue weighted by atomic mass is 10.2. The zero-order chi connectivity index (χ0) is 21.0. The van der Waals surface area contributed by atoms with Crippen LogP contribution in [0.3, 0.4) is 0 Å². The zero-order valence-electron chi connectivity index (χ0n) is 15.0. The van der Waals surface area contributed by atoms with E-state index >= 15 is 0 Å². The zero-order valence-corrected chi connectivity index (χ0v) is 18.1. The van der Waals surface area contributed by atoms with Gasteiger partial charge in [0, 0.05) is 27.6 Å². The number of benzene rings is 2. The molecule has 0 spiro atoms. The maximum Gasteiger partial charge on any atom is 0.226 e. The molecule has 0 saturated carbocycles. The second-order valence-corrected chi connectivity index (χ2v) is 9.57. The standard InChI is InChI=1S/C19H16Cl3N3O3S/c20-14-3-5-16(6-4-14)29(27,28)10-8-19(26)24-18-7-9-23-25(18)12-13-1-2-15(21)11-17(13)22/h1-7,9,11H,8,10,12H2,(H,24,26). The molecular weight excluding hydrogens is 457 g/mol. The van der Waals surface area contributed by atoms with Crippen LogP contribution in [0.5, 0.6) is 0 Å². The predicted octanol–water partition coefficient (Wildman–Crippen LogP) is 4.69. The molecule has 0 aliphatic heterocycles. The molecule has 1 aromatic heterocycles. The number of nitrogens with zero attached hydrogens (tertiary/aromatic N) is 2. The minimum absolute atomic E-state index is 0.122. The van der Waals surface area contributed by atoms with Gasteiger partial charge in [-0.15, -0.1) is 0 Å². The van der Waals surface area contributed by atoms with E-state index in [1.165, 1.54) is 30.5 Å². The van der Waals surface area contributed by atoms with E-state index in [9.17, 15) is 13.2 Å².